The van der Waals surface area contributed by atoms with E-state index in [9.17, 15) is 4.79 Å². The predicted octanol–water partition coefficient (Wildman–Crippen LogP) is -0.492. The number of hydrogen-bond acceptors (Lipinski definition) is 2. The van der Waals surface area contributed by atoms with E-state index in [1.807, 2.05) is 0 Å². The van der Waals surface area contributed by atoms with Gasteiger partial charge in [0.1, 0.15) is 0 Å². The van der Waals surface area contributed by atoms with Crippen LogP contribution in [0.25, 0.3) is 0 Å². The molecule has 1 saturated heterocycles. The topological polar surface area (TPSA) is 52.3 Å². The Morgan fingerprint density at radius 1 is 1.75 bits per heavy atom. The number of nitrogens with two attached hydrogens (primary N) is 1. The molecule has 1 fully saturated rings. The van der Waals surface area contributed by atoms with E-state index in [-0.39, 0.29) is 11.8 Å². The molecule has 3 heteroatoms. The molecule has 0 unspecified atom stereocenters. The summed E-state index contributed by atoms with van der Waals surface area (Å²) in [6.07, 6.45) is 0.801. The van der Waals surface area contributed by atoms with Crippen molar-refractivity contribution in [2.24, 2.45) is 11.7 Å². The van der Waals surface area contributed by atoms with Crippen LogP contribution in [0.4, 0.5) is 0 Å². The lowest BCUT2D eigenvalue weighted by Crippen LogP contribution is -2.22. The van der Waals surface area contributed by atoms with Crippen LogP contribution in [-0.2, 0) is 9.53 Å². The van der Waals surface area contributed by atoms with Crippen molar-refractivity contribution >= 4 is 5.91 Å². The molecule has 8 heavy (non-hydrogen) atoms. The van der Waals surface area contributed by atoms with Gasteiger partial charge in [0.2, 0.25) is 5.91 Å². The SMILES string of the molecule is NC(=O)[C@H]1CCOC1. The molecule has 0 aliphatic carbocycles. The van der Waals surface area contributed by atoms with Crippen LogP contribution in [-0.4, -0.2) is 19.1 Å². The third-order valence-electron chi connectivity index (χ3n) is 1.33. The summed E-state index contributed by atoms with van der Waals surface area (Å²) < 4.78 is 4.92. The molecule has 3 nitrogen and oxygen atoms in total. The Balaban J connectivity index is 2.35. The molecule has 0 spiro atoms. The maximum absolute atomic E-state index is 10.3. The van der Waals surface area contributed by atoms with E-state index in [1.54, 1.807) is 0 Å². The summed E-state index contributed by atoms with van der Waals surface area (Å²) in [7, 11) is 0. The summed E-state index contributed by atoms with van der Waals surface area (Å²) >= 11 is 0. The largest absolute Gasteiger partial charge is 0.381 e. The summed E-state index contributed by atoms with van der Waals surface area (Å²) in [5.74, 6) is -0.252. The van der Waals surface area contributed by atoms with Gasteiger partial charge >= 0.3 is 0 Å². The van der Waals surface area contributed by atoms with Gasteiger partial charge in [0.05, 0.1) is 12.5 Å². The van der Waals surface area contributed by atoms with Crippen LogP contribution in [0.2, 0.25) is 0 Å². The normalized spacial score (nSPS) is 28.2. The minimum absolute atomic E-state index is 0.0185. The lowest BCUT2D eigenvalue weighted by molar-refractivity contribution is -0.121. The third-order valence-corrected chi connectivity index (χ3v) is 1.33. The molecule has 2 N–H and O–H groups in total. The quantitative estimate of drug-likeness (QED) is 0.501. The molecule has 0 aromatic heterocycles. The molecule has 0 aromatic rings. The van der Waals surface area contributed by atoms with Gasteiger partial charge < -0.3 is 10.5 Å². The predicted molar refractivity (Wildman–Crippen MR) is 28.1 cm³/mol. The van der Waals surface area contributed by atoms with Gasteiger partial charge in [-0.2, -0.15) is 0 Å². The Bertz CT molecular complexity index is 96.6. The van der Waals surface area contributed by atoms with E-state index < -0.39 is 0 Å². The van der Waals surface area contributed by atoms with E-state index in [0.717, 1.165) is 6.42 Å². The standard InChI is InChI=1S/C5H9NO2/c6-5(7)4-1-2-8-3-4/h4H,1-3H2,(H2,6,7)/t4-/m0/s1. The van der Waals surface area contributed by atoms with Crippen LogP contribution >= 0.6 is 0 Å². The molecule has 0 aromatic carbocycles. The van der Waals surface area contributed by atoms with Gasteiger partial charge in [-0.1, -0.05) is 0 Å². The highest BCUT2D eigenvalue weighted by atomic mass is 16.5. The molecule has 1 aliphatic rings. The number of amides is 1. The summed E-state index contributed by atoms with van der Waals surface area (Å²) in [5, 5.41) is 0. The molecule has 46 valence electrons. The van der Waals surface area contributed by atoms with Crippen LogP contribution in [0.1, 0.15) is 6.42 Å². The number of primary amides is 1. The molecule has 1 rings (SSSR count). The van der Waals surface area contributed by atoms with Crippen LogP contribution in [0, 0.1) is 5.92 Å². The van der Waals surface area contributed by atoms with Gasteiger partial charge in [0.15, 0.2) is 0 Å². The Morgan fingerprint density at radius 2 is 2.50 bits per heavy atom. The molecular weight excluding hydrogens is 106 g/mol. The second-order valence-electron chi connectivity index (χ2n) is 1.96. The molecule has 0 radical (unpaired) electrons. The van der Waals surface area contributed by atoms with E-state index in [2.05, 4.69) is 0 Å². The minimum atomic E-state index is -0.234. The highest BCUT2D eigenvalue weighted by molar-refractivity contribution is 5.76. The van der Waals surface area contributed by atoms with Crippen molar-refractivity contribution in [1.82, 2.24) is 0 Å². The first-order valence-corrected chi connectivity index (χ1v) is 2.68. The molecule has 0 bridgehead atoms. The molecule has 1 heterocycles. The van der Waals surface area contributed by atoms with Gasteiger partial charge in [-0.3, -0.25) is 4.79 Å². The van der Waals surface area contributed by atoms with E-state index in [4.69, 9.17) is 10.5 Å². The summed E-state index contributed by atoms with van der Waals surface area (Å²) in [6, 6.07) is 0. The summed E-state index contributed by atoms with van der Waals surface area (Å²) in [5.41, 5.74) is 4.98. The fourth-order valence-electron chi connectivity index (χ4n) is 0.759. The molecule has 1 amide bonds. The van der Waals surface area contributed by atoms with Crippen molar-refractivity contribution in [1.29, 1.82) is 0 Å². The lowest BCUT2D eigenvalue weighted by Gasteiger charge is -1.96. The fourth-order valence-corrected chi connectivity index (χ4v) is 0.759. The van der Waals surface area contributed by atoms with Crippen molar-refractivity contribution in [2.75, 3.05) is 13.2 Å². The van der Waals surface area contributed by atoms with Crippen molar-refractivity contribution in [3.8, 4) is 0 Å². The first-order valence-electron chi connectivity index (χ1n) is 2.68. The molecular formula is C5H9NO2. The number of ether oxygens (including phenoxy) is 1. The van der Waals surface area contributed by atoms with Crippen LogP contribution in [0.5, 0.6) is 0 Å². The Morgan fingerprint density at radius 3 is 2.75 bits per heavy atom. The van der Waals surface area contributed by atoms with Gasteiger partial charge in [-0.05, 0) is 6.42 Å². The van der Waals surface area contributed by atoms with Crippen LogP contribution < -0.4 is 5.73 Å². The van der Waals surface area contributed by atoms with E-state index >= 15 is 0 Å². The maximum atomic E-state index is 10.3. The number of rotatable bonds is 1. The molecule has 1 atom stereocenters. The zero-order valence-corrected chi connectivity index (χ0v) is 4.59. The van der Waals surface area contributed by atoms with Gasteiger partial charge in [-0.25, -0.2) is 0 Å². The van der Waals surface area contributed by atoms with Gasteiger partial charge in [0, 0.05) is 6.61 Å². The third kappa shape index (κ3) is 0.980. The maximum Gasteiger partial charge on any atom is 0.222 e. The van der Waals surface area contributed by atoms with Crippen molar-refractivity contribution in [2.45, 2.75) is 6.42 Å². The number of hydrogen-bond donors (Lipinski definition) is 1. The zero-order valence-electron chi connectivity index (χ0n) is 4.59. The lowest BCUT2D eigenvalue weighted by atomic mass is 10.1. The van der Waals surface area contributed by atoms with Crippen LogP contribution in [0.15, 0.2) is 0 Å². The second-order valence-corrected chi connectivity index (χ2v) is 1.96. The Labute approximate surface area is 47.8 Å². The second kappa shape index (κ2) is 2.13. The highest BCUT2D eigenvalue weighted by Crippen LogP contribution is 2.10. The van der Waals surface area contributed by atoms with E-state index in [1.165, 1.54) is 0 Å². The Hall–Kier alpha value is -0.570. The zero-order chi connectivity index (χ0) is 5.98. The highest BCUT2D eigenvalue weighted by Gasteiger charge is 2.20. The van der Waals surface area contributed by atoms with Crippen LogP contribution in [0.3, 0.4) is 0 Å². The number of carbonyl (C=O) groups is 1. The monoisotopic (exact) mass is 115 g/mol. The average Bonchev–Trinajstić information content (AvgIpc) is 2.12. The van der Waals surface area contributed by atoms with Crippen molar-refractivity contribution < 1.29 is 9.53 Å². The minimum Gasteiger partial charge on any atom is -0.381 e. The van der Waals surface area contributed by atoms with E-state index in [0.29, 0.717) is 13.2 Å². The number of carbonyl (C=O) groups excluding carboxylic acids is 1. The van der Waals surface area contributed by atoms with Gasteiger partial charge in [0.25, 0.3) is 0 Å². The van der Waals surface area contributed by atoms with Crippen molar-refractivity contribution in [3.05, 3.63) is 0 Å². The summed E-state index contributed by atoms with van der Waals surface area (Å²) in [4.78, 5) is 10.3. The van der Waals surface area contributed by atoms with Crippen molar-refractivity contribution in [3.63, 3.8) is 0 Å². The molecule has 0 saturated carbocycles. The fraction of sp³-hybridized carbons (Fsp3) is 0.800. The van der Waals surface area contributed by atoms with Gasteiger partial charge in [-0.15, -0.1) is 0 Å². The average molecular weight is 115 g/mol. The summed E-state index contributed by atoms with van der Waals surface area (Å²) in [6.45, 7) is 1.21. The smallest absolute Gasteiger partial charge is 0.222 e. The first kappa shape index (κ1) is 5.56. The first-order chi connectivity index (χ1) is 3.80. The Kier molecular flexibility index (Phi) is 1.48. The molecule has 1 aliphatic heterocycles.